The first kappa shape index (κ1) is 39.3. The van der Waals surface area contributed by atoms with Gasteiger partial charge in [-0.15, -0.1) is 32.2 Å². The fraction of sp³-hybridized carbons (Fsp3) is 0.694. The average Bonchev–Trinajstić information content (AvgIpc) is 3.68. The lowest BCUT2D eigenvalue weighted by atomic mass is 10.0. The van der Waals surface area contributed by atoms with Gasteiger partial charge in [-0.2, -0.15) is 5.10 Å². The molecule has 2 N–H and O–H groups in total. The van der Waals surface area contributed by atoms with E-state index in [-0.39, 0.29) is 0 Å². The van der Waals surface area contributed by atoms with Crippen molar-refractivity contribution in [3.05, 3.63) is 23.9 Å². The number of aryl methyl sites for hydroxylation is 1. The minimum absolute atomic E-state index is 0.449. The normalized spacial score (nSPS) is 12.4. The molecule has 47 heavy (non-hydrogen) atoms. The zero-order valence-electron chi connectivity index (χ0n) is 29.6. The number of nitrogens with zero attached hydrogens (tertiary/aromatic N) is 6. The van der Waals surface area contributed by atoms with Gasteiger partial charge < -0.3 is 10.5 Å². The number of hydrogen-bond acceptors (Lipinski definition) is 10. The molecule has 1 aromatic carbocycles. The summed E-state index contributed by atoms with van der Waals surface area (Å²) in [7, 11) is 1.70. The van der Waals surface area contributed by atoms with Crippen molar-refractivity contribution in [3.63, 3.8) is 0 Å². The van der Waals surface area contributed by atoms with Gasteiger partial charge in [0.1, 0.15) is 11.4 Å². The molecular formula is C36H59N7OS3. The van der Waals surface area contributed by atoms with Crippen LogP contribution in [0.2, 0.25) is 0 Å². The van der Waals surface area contributed by atoms with Crippen LogP contribution in [0.25, 0.3) is 5.69 Å². The fourth-order valence-corrected chi connectivity index (χ4v) is 8.34. The highest BCUT2D eigenvalue weighted by molar-refractivity contribution is 8.01. The molecule has 262 valence electrons. The van der Waals surface area contributed by atoms with E-state index in [4.69, 9.17) is 15.6 Å². The first-order chi connectivity index (χ1) is 23.0. The minimum atomic E-state index is 0.449. The van der Waals surface area contributed by atoms with Gasteiger partial charge >= 0.3 is 0 Å². The SMILES string of the molecule is CCCCCCCCCCCCSc1ccc(-n2nc(CCCC)c(N=Nc3nnc(SCC(CC)CCCC)s3)c2N)c(OC)c1. The smallest absolute Gasteiger partial charge is 0.252 e. The fourth-order valence-electron chi connectivity index (χ4n) is 5.46. The lowest BCUT2D eigenvalue weighted by Gasteiger charge is -2.12. The van der Waals surface area contributed by atoms with Gasteiger partial charge in [-0.25, -0.2) is 4.68 Å². The van der Waals surface area contributed by atoms with Crippen molar-refractivity contribution in [1.29, 1.82) is 0 Å². The molecule has 3 aromatic rings. The van der Waals surface area contributed by atoms with E-state index in [9.17, 15) is 0 Å². The quantitative estimate of drug-likeness (QED) is 0.0504. The highest BCUT2D eigenvalue weighted by Crippen LogP contribution is 2.37. The van der Waals surface area contributed by atoms with Crippen molar-refractivity contribution in [2.24, 2.45) is 16.1 Å². The molecule has 0 aliphatic rings. The first-order valence-electron chi connectivity index (χ1n) is 18.1. The third-order valence-corrected chi connectivity index (χ3v) is 11.7. The van der Waals surface area contributed by atoms with Crippen LogP contribution in [-0.2, 0) is 6.42 Å². The maximum absolute atomic E-state index is 6.70. The van der Waals surface area contributed by atoms with E-state index < -0.39 is 0 Å². The molecule has 1 atom stereocenters. The van der Waals surface area contributed by atoms with Gasteiger partial charge in [0.2, 0.25) is 0 Å². The van der Waals surface area contributed by atoms with Gasteiger partial charge in [0.05, 0.1) is 12.8 Å². The lowest BCUT2D eigenvalue weighted by molar-refractivity contribution is 0.410. The summed E-state index contributed by atoms with van der Waals surface area (Å²) in [6, 6.07) is 6.28. The summed E-state index contributed by atoms with van der Waals surface area (Å²) in [5, 5.41) is 23.1. The molecule has 1 unspecified atom stereocenters. The highest BCUT2D eigenvalue weighted by atomic mass is 32.2. The molecule has 0 spiro atoms. The molecule has 0 aliphatic heterocycles. The van der Waals surface area contributed by atoms with Crippen LogP contribution in [0.1, 0.15) is 136 Å². The average molecular weight is 702 g/mol. The second-order valence-corrected chi connectivity index (χ2v) is 15.7. The summed E-state index contributed by atoms with van der Waals surface area (Å²) >= 11 is 5.13. The first-order valence-corrected chi connectivity index (χ1v) is 20.9. The topological polar surface area (TPSA) is 104 Å². The standard InChI is InChI=1S/C36H59N7OS3/c1-6-10-13-14-15-16-17-18-19-20-25-45-29-23-24-31(32(26-29)44-5)43-34(37)33(30(42-43)22-12-8-3)38-39-35-40-41-36(47-35)46-27-28(9-4)21-11-7-2/h23-24,26,28H,6-22,25,27,37H2,1-5H3. The number of methoxy groups -OCH3 is 1. The molecule has 3 rings (SSSR count). The number of anilines is 1. The van der Waals surface area contributed by atoms with E-state index in [0.29, 0.717) is 22.6 Å². The van der Waals surface area contributed by atoms with Gasteiger partial charge in [0, 0.05) is 10.6 Å². The number of unbranched alkanes of at least 4 members (excludes halogenated alkanes) is 11. The molecule has 0 saturated heterocycles. The summed E-state index contributed by atoms with van der Waals surface area (Å²) in [6.07, 6.45) is 21.3. The zero-order chi connectivity index (χ0) is 33.7. The lowest BCUT2D eigenvalue weighted by Crippen LogP contribution is -2.04. The summed E-state index contributed by atoms with van der Waals surface area (Å²) in [5.41, 5.74) is 8.93. The van der Waals surface area contributed by atoms with Crippen LogP contribution in [0, 0.1) is 5.92 Å². The molecule has 2 aromatic heterocycles. The molecule has 0 aliphatic carbocycles. The number of aromatic nitrogens is 4. The number of rotatable bonds is 26. The van der Waals surface area contributed by atoms with Crippen molar-refractivity contribution in [2.45, 2.75) is 146 Å². The maximum Gasteiger partial charge on any atom is 0.252 e. The van der Waals surface area contributed by atoms with Crippen molar-refractivity contribution < 1.29 is 4.74 Å². The second kappa shape index (κ2) is 23.3. The Balaban J connectivity index is 1.62. The predicted molar refractivity (Wildman–Crippen MR) is 204 cm³/mol. The molecular weight excluding hydrogens is 643 g/mol. The number of benzene rings is 1. The predicted octanol–water partition coefficient (Wildman–Crippen LogP) is 12.4. The van der Waals surface area contributed by atoms with E-state index >= 15 is 0 Å². The molecule has 0 fully saturated rings. The van der Waals surface area contributed by atoms with Crippen LogP contribution in [0.5, 0.6) is 5.75 Å². The monoisotopic (exact) mass is 701 g/mol. The zero-order valence-corrected chi connectivity index (χ0v) is 32.1. The van der Waals surface area contributed by atoms with Crippen LogP contribution in [0.3, 0.4) is 0 Å². The van der Waals surface area contributed by atoms with E-state index in [0.717, 1.165) is 52.2 Å². The van der Waals surface area contributed by atoms with Gasteiger partial charge in [0.25, 0.3) is 5.13 Å². The second-order valence-electron chi connectivity index (χ2n) is 12.3. The Morgan fingerprint density at radius 1 is 0.851 bits per heavy atom. The summed E-state index contributed by atoms with van der Waals surface area (Å²) in [4.78, 5) is 1.19. The van der Waals surface area contributed by atoms with Crippen LogP contribution >= 0.6 is 34.9 Å². The highest BCUT2D eigenvalue weighted by Gasteiger charge is 2.20. The molecule has 0 saturated carbocycles. The maximum atomic E-state index is 6.70. The minimum Gasteiger partial charge on any atom is -0.494 e. The van der Waals surface area contributed by atoms with E-state index in [2.05, 4.69) is 60.3 Å². The van der Waals surface area contributed by atoms with Crippen LogP contribution < -0.4 is 10.5 Å². The van der Waals surface area contributed by atoms with Crippen molar-refractivity contribution in [3.8, 4) is 11.4 Å². The number of nitrogen functional groups attached to an aromatic ring is 1. The molecule has 0 amide bonds. The van der Waals surface area contributed by atoms with Crippen LogP contribution in [-0.4, -0.2) is 38.6 Å². The Morgan fingerprint density at radius 3 is 2.23 bits per heavy atom. The molecule has 0 bridgehead atoms. The van der Waals surface area contributed by atoms with E-state index in [1.54, 1.807) is 23.6 Å². The van der Waals surface area contributed by atoms with Crippen molar-refractivity contribution in [1.82, 2.24) is 20.0 Å². The van der Waals surface area contributed by atoms with Gasteiger partial charge in [-0.05, 0) is 55.6 Å². The Hall–Kier alpha value is -2.11. The molecule has 0 radical (unpaired) electrons. The van der Waals surface area contributed by atoms with E-state index in [1.807, 2.05) is 17.8 Å². The van der Waals surface area contributed by atoms with E-state index in [1.165, 1.54) is 106 Å². The van der Waals surface area contributed by atoms with Gasteiger partial charge in [-0.1, -0.05) is 134 Å². The Bertz CT molecular complexity index is 1310. The Labute approximate surface area is 296 Å². The van der Waals surface area contributed by atoms with Crippen LogP contribution in [0.4, 0.5) is 16.6 Å². The summed E-state index contributed by atoms with van der Waals surface area (Å²) < 4.78 is 8.51. The molecule has 8 nitrogen and oxygen atoms in total. The number of ether oxygens (including phenoxy) is 1. The Morgan fingerprint density at radius 2 is 1.55 bits per heavy atom. The largest absolute Gasteiger partial charge is 0.494 e. The number of nitrogens with two attached hydrogens (primary N) is 1. The van der Waals surface area contributed by atoms with Crippen LogP contribution in [0.15, 0.2) is 37.7 Å². The molecule has 11 heteroatoms. The van der Waals surface area contributed by atoms with Gasteiger partial charge in [0.15, 0.2) is 15.8 Å². The third-order valence-electron chi connectivity index (χ3n) is 8.50. The van der Waals surface area contributed by atoms with Gasteiger partial charge in [-0.3, -0.25) is 0 Å². The van der Waals surface area contributed by atoms with Crippen molar-refractivity contribution >= 4 is 51.5 Å². The van der Waals surface area contributed by atoms with Crippen molar-refractivity contribution in [2.75, 3.05) is 24.3 Å². The summed E-state index contributed by atoms with van der Waals surface area (Å²) in [5.74, 6) is 4.06. The molecule has 2 heterocycles. The number of hydrogen-bond donors (Lipinski definition) is 1. The number of azo groups is 1. The summed E-state index contributed by atoms with van der Waals surface area (Å²) in [6.45, 7) is 8.96. The third kappa shape index (κ3) is 13.7. The Kier molecular flexibility index (Phi) is 19.5. The number of thioether (sulfide) groups is 2.